The Labute approximate surface area is 192 Å². The van der Waals surface area contributed by atoms with Crippen LogP contribution in [0.15, 0.2) is 43.5 Å². The molecular weight excluding hydrogens is 484 g/mol. The number of imidazole rings is 1. The first-order valence-corrected chi connectivity index (χ1v) is 11.4. The highest BCUT2D eigenvalue weighted by Crippen LogP contribution is 2.28. The van der Waals surface area contributed by atoms with Gasteiger partial charge in [0.25, 0.3) is 5.56 Å². The summed E-state index contributed by atoms with van der Waals surface area (Å²) < 4.78 is 10.6. The average molecular weight is 509 g/mol. The van der Waals surface area contributed by atoms with Crippen molar-refractivity contribution in [1.82, 2.24) is 18.7 Å². The maximum absolute atomic E-state index is 13.0. The van der Waals surface area contributed by atoms with E-state index in [2.05, 4.69) is 20.9 Å². The van der Waals surface area contributed by atoms with E-state index in [4.69, 9.17) is 4.74 Å². The highest BCUT2D eigenvalue weighted by Gasteiger charge is 2.26. The lowest BCUT2D eigenvalue weighted by Crippen LogP contribution is -2.37. The zero-order valence-corrected chi connectivity index (χ0v) is 20.7. The standard InChI is InChI=1S/C21H25BrN4O4S/c1-12(18(28)30-21(2,3)4)31-19-23-16-15(17(27)25(6)20(29)24(16)5)26(19)11-13-8-7-9-14(22)10-13/h7-10,12H,11H2,1-6H3. The van der Waals surface area contributed by atoms with Crippen LogP contribution in [0, 0.1) is 0 Å². The maximum atomic E-state index is 13.0. The van der Waals surface area contributed by atoms with E-state index in [1.54, 1.807) is 18.5 Å². The molecule has 3 rings (SSSR count). The SMILES string of the molecule is CC(Sc1nc2c(c(=O)n(C)c(=O)n2C)n1Cc1cccc(Br)c1)C(=O)OC(C)(C)C. The fraction of sp³-hybridized carbons (Fsp3) is 0.429. The minimum absolute atomic E-state index is 0.280. The van der Waals surface area contributed by atoms with E-state index in [1.807, 2.05) is 45.0 Å². The topological polar surface area (TPSA) is 88.1 Å². The van der Waals surface area contributed by atoms with Gasteiger partial charge in [-0.3, -0.25) is 18.7 Å². The lowest BCUT2D eigenvalue weighted by atomic mass is 10.2. The molecule has 0 bridgehead atoms. The van der Waals surface area contributed by atoms with E-state index < -0.39 is 22.1 Å². The Balaban J connectivity index is 2.14. The summed E-state index contributed by atoms with van der Waals surface area (Å²) in [7, 11) is 3.02. The summed E-state index contributed by atoms with van der Waals surface area (Å²) in [6.45, 7) is 7.52. The second-order valence-corrected chi connectivity index (χ2v) is 10.5. The largest absolute Gasteiger partial charge is 0.459 e. The van der Waals surface area contributed by atoms with Crippen LogP contribution in [0.2, 0.25) is 0 Å². The number of rotatable bonds is 5. The number of carbonyl (C=O) groups excluding carboxylic acids is 1. The minimum atomic E-state index is -0.609. The van der Waals surface area contributed by atoms with Gasteiger partial charge in [-0.1, -0.05) is 39.8 Å². The molecule has 0 radical (unpaired) electrons. The molecule has 0 N–H and O–H groups in total. The molecule has 0 saturated heterocycles. The summed E-state index contributed by atoms with van der Waals surface area (Å²) in [4.78, 5) is 42.5. The number of hydrogen-bond donors (Lipinski definition) is 0. The number of carbonyl (C=O) groups is 1. The molecule has 0 aliphatic carbocycles. The van der Waals surface area contributed by atoms with Crippen LogP contribution < -0.4 is 11.2 Å². The Morgan fingerprint density at radius 1 is 1.23 bits per heavy atom. The number of thioether (sulfide) groups is 1. The first kappa shape index (κ1) is 23.3. The van der Waals surface area contributed by atoms with Crippen molar-refractivity contribution in [3.63, 3.8) is 0 Å². The first-order chi connectivity index (χ1) is 14.4. The molecule has 166 valence electrons. The van der Waals surface area contributed by atoms with Gasteiger partial charge in [0, 0.05) is 18.6 Å². The van der Waals surface area contributed by atoms with Gasteiger partial charge >= 0.3 is 11.7 Å². The molecule has 0 amide bonds. The van der Waals surface area contributed by atoms with Crippen molar-refractivity contribution in [3.8, 4) is 0 Å². The summed E-state index contributed by atoms with van der Waals surface area (Å²) in [5.74, 6) is -0.375. The molecule has 2 heterocycles. The van der Waals surface area contributed by atoms with Gasteiger partial charge in [-0.15, -0.1) is 0 Å². The molecule has 1 unspecified atom stereocenters. The van der Waals surface area contributed by atoms with Gasteiger partial charge < -0.3 is 9.30 Å². The van der Waals surface area contributed by atoms with Crippen molar-refractivity contribution >= 4 is 44.8 Å². The molecule has 0 spiro atoms. The van der Waals surface area contributed by atoms with Crippen LogP contribution in [0.1, 0.15) is 33.3 Å². The Kier molecular flexibility index (Phi) is 6.52. The number of ether oxygens (including phenoxy) is 1. The minimum Gasteiger partial charge on any atom is -0.459 e. The fourth-order valence-electron chi connectivity index (χ4n) is 3.07. The Bertz CT molecular complexity index is 1270. The van der Waals surface area contributed by atoms with E-state index in [9.17, 15) is 14.4 Å². The van der Waals surface area contributed by atoms with E-state index in [0.717, 1.165) is 14.6 Å². The Morgan fingerprint density at radius 3 is 2.52 bits per heavy atom. The van der Waals surface area contributed by atoms with Crippen LogP contribution in [0.5, 0.6) is 0 Å². The molecule has 0 aliphatic heterocycles. The number of fused-ring (bicyclic) bond motifs is 1. The third-order valence-corrected chi connectivity index (χ3v) is 6.13. The fourth-order valence-corrected chi connectivity index (χ4v) is 4.40. The maximum Gasteiger partial charge on any atom is 0.332 e. The smallest absolute Gasteiger partial charge is 0.332 e. The number of halogens is 1. The third kappa shape index (κ3) is 4.95. The average Bonchev–Trinajstić information content (AvgIpc) is 3.01. The molecule has 31 heavy (non-hydrogen) atoms. The molecule has 8 nitrogen and oxygen atoms in total. The van der Waals surface area contributed by atoms with Gasteiger partial charge in [-0.2, -0.15) is 0 Å². The second kappa shape index (κ2) is 8.66. The predicted molar refractivity (Wildman–Crippen MR) is 125 cm³/mol. The highest BCUT2D eigenvalue weighted by atomic mass is 79.9. The van der Waals surface area contributed by atoms with Crippen molar-refractivity contribution in [2.75, 3.05) is 0 Å². The molecule has 0 saturated carbocycles. The monoisotopic (exact) mass is 508 g/mol. The highest BCUT2D eigenvalue weighted by molar-refractivity contribution is 9.10. The molecule has 0 fully saturated rings. The van der Waals surface area contributed by atoms with Gasteiger partial charge in [0.15, 0.2) is 16.3 Å². The molecule has 0 aliphatic rings. The van der Waals surface area contributed by atoms with Crippen molar-refractivity contribution in [2.24, 2.45) is 14.1 Å². The number of aromatic nitrogens is 4. The van der Waals surface area contributed by atoms with Crippen LogP contribution in [0.3, 0.4) is 0 Å². The molecule has 1 aromatic carbocycles. The van der Waals surface area contributed by atoms with E-state index >= 15 is 0 Å². The van der Waals surface area contributed by atoms with Crippen LogP contribution >= 0.6 is 27.7 Å². The van der Waals surface area contributed by atoms with Crippen molar-refractivity contribution in [2.45, 2.75) is 50.2 Å². The van der Waals surface area contributed by atoms with Gasteiger partial charge in [-0.25, -0.2) is 9.78 Å². The summed E-state index contributed by atoms with van der Waals surface area (Å²) in [6, 6.07) is 7.71. The zero-order valence-electron chi connectivity index (χ0n) is 18.3. The van der Waals surface area contributed by atoms with Gasteiger partial charge in [0.05, 0.1) is 6.54 Å². The normalized spacial score (nSPS) is 12.9. The van der Waals surface area contributed by atoms with Crippen LogP contribution in [0.25, 0.3) is 11.2 Å². The molecule has 2 aromatic heterocycles. The van der Waals surface area contributed by atoms with Crippen molar-refractivity contribution in [3.05, 3.63) is 55.1 Å². The van der Waals surface area contributed by atoms with Crippen LogP contribution in [-0.2, 0) is 30.2 Å². The number of aryl methyl sites for hydroxylation is 1. The Hall–Kier alpha value is -2.33. The van der Waals surface area contributed by atoms with Gasteiger partial charge in [0.1, 0.15) is 10.9 Å². The first-order valence-electron chi connectivity index (χ1n) is 9.69. The van der Waals surface area contributed by atoms with Crippen molar-refractivity contribution < 1.29 is 9.53 Å². The third-order valence-electron chi connectivity index (χ3n) is 4.56. The number of hydrogen-bond acceptors (Lipinski definition) is 6. The zero-order chi connectivity index (χ0) is 23.1. The molecular formula is C21H25BrN4O4S. The summed E-state index contributed by atoms with van der Waals surface area (Å²) >= 11 is 4.67. The lowest BCUT2D eigenvalue weighted by Gasteiger charge is -2.22. The number of esters is 1. The van der Waals surface area contributed by atoms with Gasteiger partial charge in [0.2, 0.25) is 0 Å². The van der Waals surface area contributed by atoms with E-state index in [0.29, 0.717) is 17.2 Å². The van der Waals surface area contributed by atoms with Crippen LogP contribution in [-0.4, -0.2) is 35.5 Å². The molecule has 3 aromatic rings. The summed E-state index contributed by atoms with van der Waals surface area (Å²) in [5, 5.41) is -0.0928. The quantitative estimate of drug-likeness (QED) is 0.388. The number of benzene rings is 1. The second-order valence-electron chi connectivity index (χ2n) is 8.28. The predicted octanol–water partition coefficient (Wildman–Crippen LogP) is 3.07. The van der Waals surface area contributed by atoms with E-state index in [-0.39, 0.29) is 11.6 Å². The summed E-state index contributed by atoms with van der Waals surface area (Å²) in [5.41, 5.74) is 0.0304. The molecule has 1 atom stereocenters. The Morgan fingerprint density at radius 2 is 1.90 bits per heavy atom. The number of nitrogens with zero attached hydrogens (tertiary/aromatic N) is 4. The summed E-state index contributed by atoms with van der Waals surface area (Å²) in [6.07, 6.45) is 0. The van der Waals surface area contributed by atoms with E-state index in [1.165, 1.54) is 23.4 Å². The lowest BCUT2D eigenvalue weighted by molar-refractivity contribution is -0.153. The van der Waals surface area contributed by atoms with Crippen molar-refractivity contribution in [1.29, 1.82) is 0 Å². The van der Waals surface area contributed by atoms with Crippen LogP contribution in [0.4, 0.5) is 0 Å². The molecule has 10 heteroatoms. The van der Waals surface area contributed by atoms with Gasteiger partial charge in [-0.05, 0) is 45.4 Å².